The number of hydrogen-bond donors (Lipinski definition) is 0. The number of rotatable bonds is 2. The smallest absolute Gasteiger partial charge is 0.175 e. The Bertz CT molecular complexity index is 297. The van der Waals surface area contributed by atoms with Crippen LogP contribution in [0.3, 0.4) is 0 Å². The molecule has 1 fully saturated rings. The molecule has 64 valence electrons. The second kappa shape index (κ2) is 3.02. The van der Waals surface area contributed by atoms with Gasteiger partial charge >= 0.3 is 0 Å². The van der Waals surface area contributed by atoms with Crippen LogP contribution in [-0.4, -0.2) is 5.78 Å². The number of carbonyl (C=O) groups excluding carboxylic acids is 1. The highest BCUT2D eigenvalue weighted by atomic mass is 32.1. The van der Waals surface area contributed by atoms with Gasteiger partial charge in [0.05, 0.1) is 4.88 Å². The van der Waals surface area contributed by atoms with Crippen LogP contribution in [0.4, 0.5) is 0 Å². The summed E-state index contributed by atoms with van der Waals surface area (Å²) in [5, 5.41) is 0. The third-order valence-corrected chi connectivity index (χ3v) is 3.47. The summed E-state index contributed by atoms with van der Waals surface area (Å²) in [7, 11) is 0. The molecule has 2 rings (SSSR count). The van der Waals surface area contributed by atoms with Crippen molar-refractivity contribution in [1.29, 1.82) is 0 Å². The van der Waals surface area contributed by atoms with E-state index < -0.39 is 0 Å². The van der Waals surface area contributed by atoms with Crippen LogP contribution in [0.2, 0.25) is 0 Å². The minimum absolute atomic E-state index is 0.350. The molecule has 2 heteroatoms. The van der Waals surface area contributed by atoms with E-state index in [0.717, 1.165) is 17.7 Å². The molecule has 0 unspecified atom stereocenters. The van der Waals surface area contributed by atoms with Crippen LogP contribution in [-0.2, 0) is 0 Å². The van der Waals surface area contributed by atoms with Gasteiger partial charge in [0.2, 0.25) is 0 Å². The summed E-state index contributed by atoms with van der Waals surface area (Å²) in [6, 6.07) is 3.98. The number of Topliss-reactive ketones (excluding diaryl/α,β-unsaturated/α-hetero) is 1. The second-order valence-electron chi connectivity index (χ2n) is 3.40. The Hall–Kier alpha value is -0.630. The lowest BCUT2D eigenvalue weighted by Gasteiger charge is -2.22. The minimum Gasteiger partial charge on any atom is -0.293 e. The lowest BCUT2D eigenvalue weighted by Crippen LogP contribution is -2.20. The first kappa shape index (κ1) is 7.99. The van der Waals surface area contributed by atoms with Crippen LogP contribution >= 0.6 is 11.3 Å². The summed E-state index contributed by atoms with van der Waals surface area (Å²) in [5.41, 5.74) is 0. The molecule has 0 amide bonds. The van der Waals surface area contributed by atoms with E-state index in [4.69, 9.17) is 0 Å². The summed E-state index contributed by atoms with van der Waals surface area (Å²) < 4.78 is 0. The van der Waals surface area contributed by atoms with Crippen molar-refractivity contribution in [3.8, 4) is 0 Å². The molecule has 1 aromatic heterocycles. The van der Waals surface area contributed by atoms with E-state index in [0.29, 0.717) is 11.7 Å². The molecule has 0 spiro atoms. The van der Waals surface area contributed by atoms with E-state index in [9.17, 15) is 4.79 Å². The monoisotopic (exact) mass is 180 g/mol. The quantitative estimate of drug-likeness (QED) is 0.639. The lowest BCUT2D eigenvalue weighted by atomic mass is 9.82. The van der Waals surface area contributed by atoms with Crippen LogP contribution in [0.15, 0.2) is 12.1 Å². The van der Waals surface area contributed by atoms with Crippen LogP contribution in [0.1, 0.15) is 33.8 Å². The van der Waals surface area contributed by atoms with Gasteiger partial charge in [0, 0.05) is 10.8 Å². The van der Waals surface area contributed by atoms with Gasteiger partial charge in [0.25, 0.3) is 0 Å². The normalized spacial score (nSPS) is 17.4. The molecule has 1 nitrogen and oxygen atoms in total. The zero-order valence-corrected chi connectivity index (χ0v) is 7.99. The van der Waals surface area contributed by atoms with Gasteiger partial charge < -0.3 is 0 Å². The molecule has 12 heavy (non-hydrogen) atoms. The Labute approximate surface area is 76.4 Å². The van der Waals surface area contributed by atoms with Gasteiger partial charge in [-0.05, 0) is 31.9 Å². The average molecular weight is 180 g/mol. The zero-order chi connectivity index (χ0) is 8.55. The molecule has 0 N–H and O–H groups in total. The molecule has 1 aliphatic rings. The number of carbonyl (C=O) groups is 1. The maximum absolute atomic E-state index is 11.7. The van der Waals surface area contributed by atoms with Crippen molar-refractivity contribution in [2.45, 2.75) is 26.2 Å². The number of hydrogen-bond acceptors (Lipinski definition) is 2. The molecule has 1 aromatic rings. The van der Waals surface area contributed by atoms with Crippen LogP contribution in [0.25, 0.3) is 0 Å². The van der Waals surface area contributed by atoms with Crippen LogP contribution in [0.5, 0.6) is 0 Å². The van der Waals surface area contributed by atoms with E-state index >= 15 is 0 Å². The Morgan fingerprint density at radius 1 is 1.50 bits per heavy atom. The topological polar surface area (TPSA) is 17.1 Å². The third kappa shape index (κ3) is 1.31. The highest BCUT2D eigenvalue weighted by Gasteiger charge is 2.26. The van der Waals surface area contributed by atoms with Gasteiger partial charge in [-0.3, -0.25) is 4.79 Å². The second-order valence-corrected chi connectivity index (χ2v) is 4.69. The predicted octanol–water partition coefficient (Wildman–Crippen LogP) is 3.04. The molecule has 1 heterocycles. The summed E-state index contributed by atoms with van der Waals surface area (Å²) in [5.74, 6) is 0.724. The number of ketones is 1. The predicted molar refractivity (Wildman–Crippen MR) is 50.7 cm³/mol. The zero-order valence-electron chi connectivity index (χ0n) is 7.17. The summed E-state index contributed by atoms with van der Waals surface area (Å²) in [6.07, 6.45) is 3.45. The first-order valence-electron chi connectivity index (χ1n) is 4.38. The molecule has 0 bridgehead atoms. The maximum Gasteiger partial charge on any atom is 0.175 e. The van der Waals surface area contributed by atoms with E-state index in [-0.39, 0.29) is 0 Å². The van der Waals surface area contributed by atoms with E-state index in [1.165, 1.54) is 11.3 Å². The van der Waals surface area contributed by atoms with Crippen molar-refractivity contribution in [3.05, 3.63) is 21.9 Å². The Kier molecular flexibility index (Phi) is 2.01. The molecule has 0 aromatic carbocycles. The van der Waals surface area contributed by atoms with Crippen molar-refractivity contribution < 1.29 is 4.79 Å². The first-order chi connectivity index (χ1) is 5.77. The SMILES string of the molecule is Cc1ccc(C(=O)C2CCC2)s1. The van der Waals surface area contributed by atoms with Gasteiger partial charge in [-0.15, -0.1) is 11.3 Å². The number of thiophene rings is 1. The van der Waals surface area contributed by atoms with E-state index in [1.54, 1.807) is 11.3 Å². The molecular formula is C10H12OS. The highest BCUT2D eigenvalue weighted by molar-refractivity contribution is 7.14. The third-order valence-electron chi connectivity index (χ3n) is 2.46. The van der Waals surface area contributed by atoms with Crippen molar-refractivity contribution in [2.75, 3.05) is 0 Å². The van der Waals surface area contributed by atoms with Crippen LogP contribution < -0.4 is 0 Å². The standard InChI is InChI=1S/C10H12OS/c1-7-5-6-9(12-7)10(11)8-3-2-4-8/h5-6,8H,2-4H2,1H3. The maximum atomic E-state index is 11.7. The fourth-order valence-electron chi connectivity index (χ4n) is 1.44. The van der Waals surface area contributed by atoms with Crippen LogP contribution in [0, 0.1) is 12.8 Å². The van der Waals surface area contributed by atoms with Gasteiger partial charge in [-0.25, -0.2) is 0 Å². The Morgan fingerprint density at radius 2 is 2.25 bits per heavy atom. The molecule has 0 radical (unpaired) electrons. The molecule has 0 aliphatic heterocycles. The van der Waals surface area contributed by atoms with Crippen molar-refractivity contribution in [1.82, 2.24) is 0 Å². The first-order valence-corrected chi connectivity index (χ1v) is 5.19. The molecular weight excluding hydrogens is 168 g/mol. The molecule has 1 aliphatic carbocycles. The minimum atomic E-state index is 0.350. The lowest BCUT2D eigenvalue weighted by molar-refractivity contribution is 0.0859. The van der Waals surface area contributed by atoms with Gasteiger partial charge in [0.1, 0.15) is 0 Å². The fourth-order valence-corrected chi connectivity index (χ4v) is 2.32. The molecule has 0 atom stereocenters. The van der Waals surface area contributed by atoms with E-state index in [2.05, 4.69) is 0 Å². The molecule has 0 saturated heterocycles. The molecule has 1 saturated carbocycles. The van der Waals surface area contributed by atoms with Crippen molar-refractivity contribution >= 4 is 17.1 Å². The highest BCUT2D eigenvalue weighted by Crippen LogP contribution is 2.31. The number of aryl methyl sites for hydroxylation is 1. The van der Waals surface area contributed by atoms with E-state index in [1.807, 2.05) is 19.1 Å². The van der Waals surface area contributed by atoms with Crippen molar-refractivity contribution in [3.63, 3.8) is 0 Å². The Balaban J connectivity index is 2.13. The average Bonchev–Trinajstić information content (AvgIpc) is 2.31. The largest absolute Gasteiger partial charge is 0.293 e. The summed E-state index contributed by atoms with van der Waals surface area (Å²) in [6.45, 7) is 2.04. The van der Waals surface area contributed by atoms with Gasteiger partial charge in [-0.1, -0.05) is 6.42 Å². The van der Waals surface area contributed by atoms with Gasteiger partial charge in [0.15, 0.2) is 5.78 Å². The van der Waals surface area contributed by atoms with Gasteiger partial charge in [-0.2, -0.15) is 0 Å². The summed E-state index contributed by atoms with van der Waals surface area (Å²) >= 11 is 1.62. The Morgan fingerprint density at radius 3 is 2.67 bits per heavy atom. The summed E-state index contributed by atoms with van der Waals surface area (Å²) in [4.78, 5) is 13.8. The fraction of sp³-hybridized carbons (Fsp3) is 0.500. The van der Waals surface area contributed by atoms with Crippen molar-refractivity contribution in [2.24, 2.45) is 5.92 Å².